The van der Waals surface area contributed by atoms with Crippen LogP contribution in [-0.4, -0.2) is 33.3 Å². The number of aromatic nitrogens is 2. The molecule has 6 heteroatoms. The first-order valence-corrected chi connectivity index (χ1v) is 9.08. The van der Waals surface area contributed by atoms with Gasteiger partial charge in [0.25, 0.3) is 0 Å². The fourth-order valence-corrected chi connectivity index (χ4v) is 4.54. The van der Waals surface area contributed by atoms with E-state index in [2.05, 4.69) is 48.3 Å². The smallest absolute Gasteiger partial charge is 0.223 e. The van der Waals surface area contributed by atoms with Gasteiger partial charge in [-0.2, -0.15) is 0 Å². The number of piperidine rings is 1. The lowest BCUT2D eigenvalue weighted by atomic mass is 9.80. The molecule has 3 N–H and O–H groups in total. The van der Waals surface area contributed by atoms with Crippen LogP contribution in [0, 0.1) is 5.41 Å². The first-order chi connectivity index (χ1) is 11.3. The predicted octanol–water partition coefficient (Wildman–Crippen LogP) is 3.92. The number of anilines is 1. The van der Waals surface area contributed by atoms with Gasteiger partial charge in [-0.3, -0.25) is 0 Å². The minimum Gasteiger partial charge on any atom is -0.351 e. The number of nitrogens with zero attached hydrogens (tertiary/aromatic N) is 2. The molecule has 0 saturated carbocycles. The molecule has 1 aliphatic heterocycles. The summed E-state index contributed by atoms with van der Waals surface area (Å²) in [5.74, 6) is 0.677. The van der Waals surface area contributed by atoms with Crippen LogP contribution >= 0.6 is 11.3 Å². The maximum absolute atomic E-state index is 7.34. The van der Waals surface area contributed by atoms with E-state index in [-0.39, 0.29) is 11.1 Å². The zero-order valence-electron chi connectivity index (χ0n) is 14.7. The largest absolute Gasteiger partial charge is 0.351 e. The van der Waals surface area contributed by atoms with Crippen molar-refractivity contribution in [3.63, 3.8) is 0 Å². The Kier molecular flexibility index (Phi) is 4.44. The minimum absolute atomic E-state index is 0.0869. The monoisotopic (exact) mass is 343 g/mol. The van der Waals surface area contributed by atoms with Gasteiger partial charge in [0.2, 0.25) is 5.95 Å². The van der Waals surface area contributed by atoms with Crippen molar-refractivity contribution in [3.8, 4) is 10.6 Å². The SMILES string of the molecule is CC1(C)CC(Nc2nccc(-c3ccc(C=N)s3)n2)CC(C)(C)N1. The Balaban J connectivity index is 1.78. The summed E-state index contributed by atoms with van der Waals surface area (Å²) in [6.45, 7) is 8.96. The first-order valence-electron chi connectivity index (χ1n) is 8.26. The Hall–Kier alpha value is -1.79. The Bertz CT molecular complexity index is 719. The highest BCUT2D eigenvalue weighted by atomic mass is 32.1. The zero-order valence-corrected chi connectivity index (χ0v) is 15.5. The van der Waals surface area contributed by atoms with Gasteiger partial charge in [0.1, 0.15) is 0 Å². The maximum atomic E-state index is 7.34. The van der Waals surface area contributed by atoms with Crippen LogP contribution in [0.3, 0.4) is 0 Å². The van der Waals surface area contributed by atoms with E-state index in [4.69, 9.17) is 5.41 Å². The third kappa shape index (κ3) is 3.99. The maximum Gasteiger partial charge on any atom is 0.223 e. The number of hydrogen-bond acceptors (Lipinski definition) is 6. The molecule has 0 atom stereocenters. The van der Waals surface area contributed by atoms with Crippen molar-refractivity contribution < 1.29 is 0 Å². The second-order valence-electron chi connectivity index (χ2n) is 7.75. The molecule has 3 heterocycles. The molecular weight excluding hydrogens is 318 g/mol. The summed E-state index contributed by atoms with van der Waals surface area (Å²) in [7, 11) is 0. The summed E-state index contributed by atoms with van der Waals surface area (Å²) >= 11 is 1.57. The van der Waals surface area contributed by atoms with Crippen molar-refractivity contribution >= 4 is 23.5 Å². The quantitative estimate of drug-likeness (QED) is 0.736. The summed E-state index contributed by atoms with van der Waals surface area (Å²) in [4.78, 5) is 11.1. The third-order valence-corrected chi connectivity index (χ3v) is 5.26. The molecule has 1 aliphatic rings. The number of thiophene rings is 1. The van der Waals surface area contributed by atoms with Gasteiger partial charge in [0.05, 0.1) is 10.6 Å². The number of nitrogens with one attached hydrogen (secondary N) is 3. The fraction of sp³-hybridized carbons (Fsp3) is 0.500. The summed E-state index contributed by atoms with van der Waals surface area (Å²) < 4.78 is 0. The molecule has 3 rings (SSSR count). The Morgan fingerprint density at radius 2 is 1.92 bits per heavy atom. The van der Waals surface area contributed by atoms with Crippen LogP contribution in [0.25, 0.3) is 10.6 Å². The van der Waals surface area contributed by atoms with Gasteiger partial charge in [0, 0.05) is 34.4 Å². The van der Waals surface area contributed by atoms with E-state index in [1.54, 1.807) is 17.5 Å². The third-order valence-electron chi connectivity index (χ3n) is 4.20. The Morgan fingerprint density at radius 3 is 2.54 bits per heavy atom. The topological polar surface area (TPSA) is 73.7 Å². The predicted molar refractivity (Wildman–Crippen MR) is 101 cm³/mol. The van der Waals surface area contributed by atoms with Crippen LogP contribution in [0.15, 0.2) is 24.4 Å². The van der Waals surface area contributed by atoms with Gasteiger partial charge in [0.15, 0.2) is 0 Å². The first kappa shape index (κ1) is 17.0. The van der Waals surface area contributed by atoms with Crippen LogP contribution in [0.4, 0.5) is 5.95 Å². The molecule has 0 bridgehead atoms. The Labute approximate surface area is 147 Å². The molecule has 0 radical (unpaired) electrons. The van der Waals surface area contributed by atoms with Gasteiger partial charge >= 0.3 is 0 Å². The highest BCUT2D eigenvalue weighted by Crippen LogP contribution is 2.31. The van der Waals surface area contributed by atoms with E-state index in [9.17, 15) is 0 Å². The van der Waals surface area contributed by atoms with Crippen LogP contribution in [0.5, 0.6) is 0 Å². The average Bonchev–Trinajstić information content (AvgIpc) is 2.93. The van der Waals surface area contributed by atoms with Crippen molar-refractivity contribution in [1.29, 1.82) is 5.41 Å². The summed E-state index contributed by atoms with van der Waals surface area (Å²) in [5, 5.41) is 14.6. The van der Waals surface area contributed by atoms with Gasteiger partial charge in [-0.25, -0.2) is 9.97 Å². The minimum atomic E-state index is 0.0869. The number of hydrogen-bond donors (Lipinski definition) is 3. The second-order valence-corrected chi connectivity index (χ2v) is 8.87. The normalized spacial score (nSPS) is 19.8. The van der Waals surface area contributed by atoms with Crippen molar-refractivity contribution in [2.24, 2.45) is 0 Å². The summed E-state index contributed by atoms with van der Waals surface area (Å²) in [6, 6.07) is 6.21. The Morgan fingerprint density at radius 1 is 1.21 bits per heavy atom. The van der Waals surface area contributed by atoms with Crippen LogP contribution in [-0.2, 0) is 0 Å². The van der Waals surface area contributed by atoms with Crippen molar-refractivity contribution in [3.05, 3.63) is 29.3 Å². The molecule has 0 aromatic carbocycles. The van der Waals surface area contributed by atoms with E-state index in [0.29, 0.717) is 12.0 Å². The molecule has 2 aromatic heterocycles. The van der Waals surface area contributed by atoms with Gasteiger partial charge in [-0.1, -0.05) is 0 Å². The van der Waals surface area contributed by atoms with Gasteiger partial charge < -0.3 is 16.0 Å². The lowest BCUT2D eigenvalue weighted by molar-refractivity contribution is 0.170. The lowest BCUT2D eigenvalue weighted by Gasteiger charge is -2.46. The van der Waals surface area contributed by atoms with E-state index in [1.807, 2.05) is 18.2 Å². The van der Waals surface area contributed by atoms with E-state index in [0.717, 1.165) is 28.3 Å². The van der Waals surface area contributed by atoms with Crippen molar-refractivity contribution in [2.45, 2.75) is 57.7 Å². The molecule has 2 aromatic rings. The van der Waals surface area contributed by atoms with Gasteiger partial charge in [-0.15, -0.1) is 11.3 Å². The molecule has 1 fully saturated rings. The van der Waals surface area contributed by atoms with E-state index < -0.39 is 0 Å². The lowest BCUT2D eigenvalue weighted by Crippen LogP contribution is -2.60. The fourth-order valence-electron chi connectivity index (χ4n) is 3.74. The van der Waals surface area contributed by atoms with Crippen LogP contribution < -0.4 is 10.6 Å². The number of rotatable bonds is 4. The molecule has 1 saturated heterocycles. The molecular formula is C18H25N5S. The highest BCUT2D eigenvalue weighted by molar-refractivity contribution is 7.17. The molecule has 0 unspecified atom stereocenters. The van der Waals surface area contributed by atoms with E-state index in [1.165, 1.54) is 6.21 Å². The summed E-state index contributed by atoms with van der Waals surface area (Å²) in [6.07, 6.45) is 5.22. The second kappa shape index (κ2) is 6.26. The highest BCUT2D eigenvalue weighted by Gasteiger charge is 2.37. The summed E-state index contributed by atoms with van der Waals surface area (Å²) in [5.41, 5.74) is 1.07. The van der Waals surface area contributed by atoms with Gasteiger partial charge in [-0.05, 0) is 58.7 Å². The van der Waals surface area contributed by atoms with Crippen molar-refractivity contribution in [1.82, 2.24) is 15.3 Å². The van der Waals surface area contributed by atoms with E-state index >= 15 is 0 Å². The van der Waals surface area contributed by atoms with Crippen molar-refractivity contribution in [2.75, 3.05) is 5.32 Å². The standard InChI is InChI=1S/C18H25N5S/c1-17(2)9-12(10-18(3,4)23-17)21-16-20-8-7-14(22-16)15-6-5-13(11-19)24-15/h5-8,11-12,19,23H,9-10H2,1-4H3,(H,20,21,22). The molecule has 0 aliphatic carbocycles. The van der Waals surface area contributed by atoms with Crippen LogP contribution in [0.1, 0.15) is 45.4 Å². The molecule has 0 amide bonds. The molecule has 128 valence electrons. The molecule has 24 heavy (non-hydrogen) atoms. The van der Waals surface area contributed by atoms with Crippen LogP contribution in [0.2, 0.25) is 0 Å². The zero-order chi connectivity index (χ0) is 17.4. The molecule has 5 nitrogen and oxygen atoms in total. The average molecular weight is 344 g/mol. The molecule has 0 spiro atoms.